The summed E-state index contributed by atoms with van der Waals surface area (Å²) in [6.45, 7) is 4.98. The summed E-state index contributed by atoms with van der Waals surface area (Å²) in [5.41, 5.74) is 0.955. The van der Waals surface area contributed by atoms with E-state index in [1.807, 2.05) is 18.2 Å². The summed E-state index contributed by atoms with van der Waals surface area (Å²) in [5, 5.41) is 16.5. The molecule has 0 aromatic heterocycles. The highest BCUT2D eigenvalue weighted by Gasteiger charge is 2.04. The van der Waals surface area contributed by atoms with Crippen LogP contribution in [0, 0.1) is 0 Å². The van der Waals surface area contributed by atoms with Crippen molar-refractivity contribution in [2.75, 3.05) is 13.2 Å². The lowest BCUT2D eigenvalue weighted by Crippen LogP contribution is -2.05. The summed E-state index contributed by atoms with van der Waals surface area (Å²) in [6.07, 6.45) is 4.01. The molecule has 2 N–H and O–H groups in total. The molecule has 0 fully saturated rings. The van der Waals surface area contributed by atoms with Crippen molar-refractivity contribution in [1.82, 2.24) is 0 Å². The van der Waals surface area contributed by atoms with Gasteiger partial charge in [0.1, 0.15) is 0 Å². The van der Waals surface area contributed by atoms with E-state index < -0.39 is 5.97 Å². The minimum atomic E-state index is -0.879. The molecular formula is C22H30O5. The highest BCUT2D eigenvalue weighted by molar-refractivity contribution is 5.89. The molecule has 0 heterocycles. The van der Waals surface area contributed by atoms with Crippen LogP contribution in [0.2, 0.25) is 0 Å². The Hall–Kier alpha value is -2.66. The maximum Gasteiger partial charge on any atom is 0.338 e. The highest BCUT2D eigenvalue weighted by Crippen LogP contribution is 2.01. The second kappa shape index (κ2) is 16.8. The number of rotatable bonds is 7. The molecule has 5 nitrogen and oxygen atoms in total. The van der Waals surface area contributed by atoms with Crippen molar-refractivity contribution in [3.05, 3.63) is 71.8 Å². The van der Waals surface area contributed by atoms with Crippen molar-refractivity contribution >= 4 is 11.9 Å². The number of ether oxygens (including phenoxy) is 1. The Morgan fingerprint density at radius 3 is 1.63 bits per heavy atom. The van der Waals surface area contributed by atoms with Crippen molar-refractivity contribution in [3.8, 4) is 0 Å². The second-order valence-electron chi connectivity index (χ2n) is 5.60. The standard InChI is InChI=1S/C11H14O2.C7H6O2.C4H10O/c1-2-3-9-13-11(12)10-7-5-4-6-8-10;8-7(9)6-4-2-1-3-5-6;1-2-3-4-5/h4-8H,2-3,9H2,1H3;1-5H,(H,8,9);5H,2-4H2,1H3. The lowest BCUT2D eigenvalue weighted by atomic mass is 10.2. The van der Waals surface area contributed by atoms with Gasteiger partial charge in [0, 0.05) is 6.61 Å². The van der Waals surface area contributed by atoms with Gasteiger partial charge < -0.3 is 14.9 Å². The van der Waals surface area contributed by atoms with E-state index in [9.17, 15) is 9.59 Å². The molecule has 0 amide bonds. The van der Waals surface area contributed by atoms with Crippen LogP contribution in [0.25, 0.3) is 0 Å². The van der Waals surface area contributed by atoms with E-state index in [2.05, 4.69) is 13.8 Å². The van der Waals surface area contributed by atoms with Crippen LogP contribution < -0.4 is 0 Å². The fourth-order valence-electron chi connectivity index (χ4n) is 1.71. The number of unbranched alkanes of at least 4 members (excludes halogenated alkanes) is 2. The number of hydrogen-bond donors (Lipinski definition) is 2. The minimum Gasteiger partial charge on any atom is -0.478 e. The molecule has 0 spiro atoms. The largest absolute Gasteiger partial charge is 0.478 e. The number of carbonyl (C=O) groups is 2. The van der Waals surface area contributed by atoms with E-state index in [0.717, 1.165) is 25.7 Å². The van der Waals surface area contributed by atoms with E-state index in [4.69, 9.17) is 14.9 Å². The van der Waals surface area contributed by atoms with Crippen LogP contribution in [-0.2, 0) is 4.74 Å². The lowest BCUT2D eigenvalue weighted by Gasteiger charge is -2.02. The Morgan fingerprint density at radius 1 is 0.815 bits per heavy atom. The van der Waals surface area contributed by atoms with Gasteiger partial charge in [0.15, 0.2) is 0 Å². The molecule has 0 bridgehead atoms. The average Bonchev–Trinajstić information content (AvgIpc) is 2.71. The van der Waals surface area contributed by atoms with Gasteiger partial charge in [0.2, 0.25) is 0 Å². The van der Waals surface area contributed by atoms with Crippen molar-refractivity contribution in [3.63, 3.8) is 0 Å². The molecule has 2 aromatic carbocycles. The quantitative estimate of drug-likeness (QED) is 0.537. The molecule has 0 saturated heterocycles. The van der Waals surface area contributed by atoms with Crippen LogP contribution in [0.5, 0.6) is 0 Å². The molecule has 0 saturated carbocycles. The monoisotopic (exact) mass is 374 g/mol. The minimum absolute atomic E-state index is 0.228. The summed E-state index contributed by atoms with van der Waals surface area (Å²) in [5.74, 6) is -1.11. The Kier molecular flexibility index (Phi) is 15.1. The van der Waals surface area contributed by atoms with Crippen molar-refractivity contribution in [1.29, 1.82) is 0 Å². The summed E-state index contributed by atoms with van der Waals surface area (Å²) in [4.78, 5) is 21.5. The van der Waals surface area contributed by atoms with Crippen LogP contribution in [0.1, 0.15) is 60.2 Å². The molecule has 0 atom stereocenters. The van der Waals surface area contributed by atoms with Crippen molar-refractivity contribution < 1.29 is 24.5 Å². The van der Waals surface area contributed by atoms with Gasteiger partial charge in [0.05, 0.1) is 17.7 Å². The molecule has 0 aliphatic carbocycles. The molecule has 148 valence electrons. The Labute approximate surface area is 161 Å². The maximum atomic E-state index is 11.3. The van der Waals surface area contributed by atoms with E-state index in [1.54, 1.807) is 42.5 Å². The van der Waals surface area contributed by atoms with E-state index in [1.165, 1.54) is 0 Å². The van der Waals surface area contributed by atoms with Crippen molar-refractivity contribution in [2.24, 2.45) is 0 Å². The number of esters is 1. The third kappa shape index (κ3) is 13.2. The second-order valence-corrected chi connectivity index (χ2v) is 5.60. The maximum absolute atomic E-state index is 11.3. The van der Waals surface area contributed by atoms with Crippen molar-refractivity contribution in [2.45, 2.75) is 39.5 Å². The van der Waals surface area contributed by atoms with Gasteiger partial charge in [-0.1, -0.05) is 63.1 Å². The van der Waals surface area contributed by atoms with Crippen LogP contribution in [0.15, 0.2) is 60.7 Å². The number of carboxylic acid groups (broad SMARTS) is 1. The first-order chi connectivity index (χ1) is 13.1. The number of aromatic carboxylic acids is 1. The Balaban J connectivity index is 0.000000419. The van der Waals surface area contributed by atoms with E-state index in [-0.39, 0.29) is 5.97 Å². The zero-order valence-corrected chi connectivity index (χ0v) is 16.1. The zero-order chi connectivity index (χ0) is 20.3. The molecule has 0 radical (unpaired) electrons. The van der Waals surface area contributed by atoms with Gasteiger partial charge in [0.25, 0.3) is 0 Å². The molecule has 2 rings (SSSR count). The predicted molar refractivity (Wildman–Crippen MR) is 107 cm³/mol. The van der Waals surface area contributed by atoms with Crippen LogP contribution in [0.4, 0.5) is 0 Å². The third-order valence-electron chi connectivity index (χ3n) is 3.27. The number of carbonyl (C=O) groups excluding carboxylic acids is 1. The molecule has 5 heteroatoms. The fourth-order valence-corrected chi connectivity index (χ4v) is 1.71. The van der Waals surface area contributed by atoms with Gasteiger partial charge in [-0.2, -0.15) is 0 Å². The lowest BCUT2D eigenvalue weighted by molar-refractivity contribution is 0.0499. The molecule has 0 aliphatic rings. The molecule has 27 heavy (non-hydrogen) atoms. The molecule has 0 unspecified atom stereocenters. The fraction of sp³-hybridized carbons (Fsp3) is 0.364. The topological polar surface area (TPSA) is 83.8 Å². The van der Waals surface area contributed by atoms with Gasteiger partial charge in [-0.25, -0.2) is 9.59 Å². The normalized spacial score (nSPS) is 9.15. The van der Waals surface area contributed by atoms with E-state index >= 15 is 0 Å². The van der Waals surface area contributed by atoms with Gasteiger partial charge >= 0.3 is 11.9 Å². The summed E-state index contributed by atoms with van der Waals surface area (Å²) in [6, 6.07) is 17.3. The average molecular weight is 374 g/mol. The number of hydrogen-bond acceptors (Lipinski definition) is 4. The highest BCUT2D eigenvalue weighted by atomic mass is 16.5. The molecule has 2 aromatic rings. The predicted octanol–water partition coefficient (Wildman–Crippen LogP) is 4.81. The number of aliphatic hydroxyl groups excluding tert-OH is 1. The summed E-state index contributed by atoms with van der Waals surface area (Å²) in [7, 11) is 0. The zero-order valence-electron chi connectivity index (χ0n) is 16.1. The summed E-state index contributed by atoms with van der Waals surface area (Å²) < 4.78 is 5.03. The molecule has 0 aliphatic heterocycles. The third-order valence-corrected chi connectivity index (χ3v) is 3.27. The number of benzene rings is 2. The number of aliphatic hydroxyl groups is 1. The van der Waals surface area contributed by atoms with Crippen LogP contribution in [0.3, 0.4) is 0 Å². The summed E-state index contributed by atoms with van der Waals surface area (Å²) >= 11 is 0. The Bertz CT molecular complexity index is 609. The van der Waals surface area contributed by atoms with Crippen LogP contribution >= 0.6 is 0 Å². The SMILES string of the molecule is CCCCO.CCCCOC(=O)c1ccccc1.O=C(O)c1ccccc1. The number of carboxylic acids is 1. The van der Waals surface area contributed by atoms with Crippen LogP contribution in [-0.4, -0.2) is 35.4 Å². The van der Waals surface area contributed by atoms with Gasteiger partial charge in [-0.3, -0.25) is 0 Å². The Morgan fingerprint density at radius 2 is 1.30 bits per heavy atom. The first-order valence-corrected chi connectivity index (χ1v) is 9.18. The van der Waals surface area contributed by atoms with Gasteiger partial charge in [-0.15, -0.1) is 0 Å². The van der Waals surface area contributed by atoms with Gasteiger partial charge in [-0.05, 0) is 37.1 Å². The first-order valence-electron chi connectivity index (χ1n) is 9.18. The van der Waals surface area contributed by atoms with E-state index in [0.29, 0.717) is 24.3 Å². The smallest absolute Gasteiger partial charge is 0.338 e. The molecular weight excluding hydrogens is 344 g/mol. The first kappa shape index (κ1) is 24.3.